The molecule has 1 N–H and O–H groups in total. The lowest BCUT2D eigenvalue weighted by molar-refractivity contribution is -0.147. The lowest BCUT2D eigenvalue weighted by atomic mass is 10.2. The molecule has 0 radical (unpaired) electrons. The SMILES string of the molecule is CCN(CC)C(=O)C1Oc2ccc(CO)cc2O1. The third-order valence-electron chi connectivity index (χ3n) is 2.94. The number of nitrogens with zero attached hydrogens (tertiary/aromatic N) is 1. The molecule has 98 valence electrons. The molecule has 1 aliphatic heterocycles. The second-order valence-electron chi connectivity index (χ2n) is 4.02. The van der Waals surface area contributed by atoms with Gasteiger partial charge in [0.25, 0.3) is 0 Å². The van der Waals surface area contributed by atoms with E-state index < -0.39 is 6.29 Å². The van der Waals surface area contributed by atoms with Crippen molar-refractivity contribution in [3.8, 4) is 11.5 Å². The van der Waals surface area contributed by atoms with Gasteiger partial charge in [-0.15, -0.1) is 0 Å². The molecule has 0 aromatic heterocycles. The first-order valence-electron chi connectivity index (χ1n) is 6.05. The summed E-state index contributed by atoms with van der Waals surface area (Å²) >= 11 is 0. The summed E-state index contributed by atoms with van der Waals surface area (Å²) in [4.78, 5) is 13.7. The molecule has 0 aliphatic carbocycles. The van der Waals surface area contributed by atoms with Crippen LogP contribution in [0.1, 0.15) is 19.4 Å². The van der Waals surface area contributed by atoms with Crippen molar-refractivity contribution in [3.05, 3.63) is 23.8 Å². The maximum atomic E-state index is 12.1. The Morgan fingerprint density at radius 2 is 1.94 bits per heavy atom. The van der Waals surface area contributed by atoms with Crippen molar-refractivity contribution in [3.63, 3.8) is 0 Å². The minimum Gasteiger partial charge on any atom is -0.442 e. The number of likely N-dealkylation sites (N-methyl/N-ethyl adjacent to an activating group) is 1. The van der Waals surface area contributed by atoms with Crippen LogP contribution in [-0.4, -0.2) is 35.3 Å². The first-order valence-corrected chi connectivity index (χ1v) is 6.05. The van der Waals surface area contributed by atoms with Crippen molar-refractivity contribution in [2.45, 2.75) is 26.7 Å². The zero-order valence-electron chi connectivity index (χ0n) is 10.5. The summed E-state index contributed by atoms with van der Waals surface area (Å²) in [5.41, 5.74) is 0.730. The Labute approximate surface area is 106 Å². The van der Waals surface area contributed by atoms with Gasteiger partial charge in [0.1, 0.15) is 0 Å². The van der Waals surface area contributed by atoms with Crippen molar-refractivity contribution >= 4 is 5.91 Å². The molecule has 5 heteroatoms. The van der Waals surface area contributed by atoms with Gasteiger partial charge in [0.2, 0.25) is 0 Å². The number of ether oxygens (including phenoxy) is 2. The van der Waals surface area contributed by atoms with Crippen molar-refractivity contribution in [1.82, 2.24) is 4.90 Å². The summed E-state index contributed by atoms with van der Waals surface area (Å²) in [7, 11) is 0. The number of hydrogen-bond donors (Lipinski definition) is 1. The molecule has 5 nitrogen and oxygen atoms in total. The number of fused-ring (bicyclic) bond motifs is 1. The average Bonchev–Trinajstić information content (AvgIpc) is 2.82. The lowest BCUT2D eigenvalue weighted by Crippen LogP contribution is -2.42. The van der Waals surface area contributed by atoms with Gasteiger partial charge < -0.3 is 19.5 Å². The van der Waals surface area contributed by atoms with Crippen LogP contribution in [0.3, 0.4) is 0 Å². The smallest absolute Gasteiger partial charge is 0.321 e. The maximum Gasteiger partial charge on any atom is 0.321 e. The van der Waals surface area contributed by atoms with Crippen LogP contribution in [0.4, 0.5) is 0 Å². The molecule has 0 bridgehead atoms. The molecule has 0 saturated carbocycles. The number of carbonyl (C=O) groups is 1. The minimum absolute atomic E-state index is 0.0642. The van der Waals surface area contributed by atoms with Gasteiger partial charge in [0.15, 0.2) is 11.5 Å². The quantitative estimate of drug-likeness (QED) is 0.872. The second kappa shape index (κ2) is 5.27. The van der Waals surface area contributed by atoms with Gasteiger partial charge in [-0.1, -0.05) is 6.07 Å². The van der Waals surface area contributed by atoms with Crippen LogP contribution in [0.25, 0.3) is 0 Å². The highest BCUT2D eigenvalue weighted by atomic mass is 16.7. The normalized spacial score (nSPS) is 16.7. The number of aliphatic hydroxyl groups excluding tert-OH is 1. The molecular weight excluding hydrogens is 234 g/mol. The third kappa shape index (κ3) is 2.26. The molecule has 1 heterocycles. The fourth-order valence-electron chi connectivity index (χ4n) is 1.88. The molecule has 1 aromatic carbocycles. The molecule has 0 fully saturated rings. The van der Waals surface area contributed by atoms with Gasteiger partial charge in [0.05, 0.1) is 6.61 Å². The van der Waals surface area contributed by atoms with Crippen molar-refractivity contribution in [1.29, 1.82) is 0 Å². The molecule has 1 aliphatic rings. The second-order valence-corrected chi connectivity index (χ2v) is 4.02. The van der Waals surface area contributed by atoms with Gasteiger partial charge in [-0.25, -0.2) is 0 Å². The number of hydrogen-bond acceptors (Lipinski definition) is 4. The topological polar surface area (TPSA) is 59.0 Å². The Balaban J connectivity index is 2.12. The Morgan fingerprint density at radius 1 is 1.28 bits per heavy atom. The Hall–Kier alpha value is -1.75. The van der Waals surface area contributed by atoms with E-state index in [1.165, 1.54) is 0 Å². The van der Waals surface area contributed by atoms with E-state index in [4.69, 9.17) is 14.6 Å². The van der Waals surface area contributed by atoms with Crippen LogP contribution in [0.2, 0.25) is 0 Å². The average molecular weight is 251 g/mol. The van der Waals surface area contributed by atoms with Crippen molar-refractivity contribution in [2.75, 3.05) is 13.1 Å². The number of carbonyl (C=O) groups excluding carboxylic acids is 1. The standard InChI is InChI=1S/C13H17NO4/c1-3-14(4-2)12(16)13-17-10-6-5-9(8-15)7-11(10)18-13/h5-7,13,15H,3-4,8H2,1-2H3. The highest BCUT2D eigenvalue weighted by Gasteiger charge is 2.33. The zero-order chi connectivity index (χ0) is 13.1. The van der Waals surface area contributed by atoms with E-state index in [9.17, 15) is 4.79 Å². The van der Waals surface area contributed by atoms with Crippen LogP contribution < -0.4 is 9.47 Å². The number of rotatable bonds is 4. The van der Waals surface area contributed by atoms with Gasteiger partial charge in [0, 0.05) is 13.1 Å². The molecule has 18 heavy (non-hydrogen) atoms. The lowest BCUT2D eigenvalue weighted by Gasteiger charge is -2.21. The van der Waals surface area contributed by atoms with Crippen molar-refractivity contribution < 1.29 is 19.4 Å². The summed E-state index contributed by atoms with van der Waals surface area (Å²) in [6, 6.07) is 5.13. The van der Waals surface area contributed by atoms with Gasteiger partial charge in [-0.2, -0.15) is 0 Å². The monoisotopic (exact) mass is 251 g/mol. The summed E-state index contributed by atoms with van der Waals surface area (Å²) in [5, 5.41) is 9.04. The van der Waals surface area contributed by atoms with E-state index in [-0.39, 0.29) is 12.5 Å². The largest absolute Gasteiger partial charge is 0.442 e. The van der Waals surface area contributed by atoms with Crippen molar-refractivity contribution in [2.24, 2.45) is 0 Å². The van der Waals surface area contributed by atoms with E-state index in [1.54, 1.807) is 23.1 Å². The fourth-order valence-corrected chi connectivity index (χ4v) is 1.88. The van der Waals surface area contributed by atoms with Crippen LogP contribution >= 0.6 is 0 Å². The Morgan fingerprint density at radius 3 is 2.56 bits per heavy atom. The number of benzene rings is 1. The Bertz CT molecular complexity index is 443. The van der Waals surface area contributed by atoms with Crippen LogP contribution in [-0.2, 0) is 11.4 Å². The van der Waals surface area contributed by atoms with Gasteiger partial charge >= 0.3 is 12.2 Å². The molecule has 0 spiro atoms. The first-order chi connectivity index (χ1) is 8.69. The minimum atomic E-state index is -0.908. The van der Waals surface area contributed by atoms with E-state index in [1.807, 2.05) is 13.8 Å². The molecule has 1 atom stereocenters. The van der Waals surface area contributed by atoms with E-state index >= 15 is 0 Å². The molecular formula is C13H17NO4. The molecule has 1 unspecified atom stereocenters. The molecule has 0 saturated heterocycles. The van der Waals surface area contributed by atoms with Crippen LogP contribution in [0.5, 0.6) is 11.5 Å². The molecule has 2 rings (SSSR count). The summed E-state index contributed by atoms with van der Waals surface area (Å²) in [6.45, 7) is 5.00. The van der Waals surface area contributed by atoms with Gasteiger partial charge in [-0.05, 0) is 31.5 Å². The predicted octanol–water partition coefficient (Wildman–Crippen LogP) is 1.14. The number of aliphatic hydroxyl groups is 1. The molecule has 1 aromatic rings. The van der Waals surface area contributed by atoms with Crippen LogP contribution in [0, 0.1) is 0 Å². The van der Waals surface area contributed by atoms with E-state index in [0.29, 0.717) is 24.6 Å². The maximum absolute atomic E-state index is 12.1. The Kier molecular flexibility index (Phi) is 3.72. The summed E-state index contributed by atoms with van der Waals surface area (Å²) < 4.78 is 10.9. The van der Waals surface area contributed by atoms with Gasteiger partial charge in [-0.3, -0.25) is 4.79 Å². The predicted molar refractivity (Wildman–Crippen MR) is 65.3 cm³/mol. The summed E-state index contributed by atoms with van der Waals surface area (Å²) in [6.07, 6.45) is -0.908. The van der Waals surface area contributed by atoms with Crippen LogP contribution in [0.15, 0.2) is 18.2 Å². The highest BCUT2D eigenvalue weighted by Crippen LogP contribution is 2.35. The zero-order valence-corrected chi connectivity index (χ0v) is 10.5. The van der Waals surface area contributed by atoms with E-state index in [2.05, 4.69) is 0 Å². The first kappa shape index (κ1) is 12.7. The summed E-state index contributed by atoms with van der Waals surface area (Å²) in [5.74, 6) is 0.867. The number of amides is 1. The highest BCUT2D eigenvalue weighted by molar-refractivity contribution is 5.81. The molecule has 1 amide bonds. The third-order valence-corrected chi connectivity index (χ3v) is 2.94. The van der Waals surface area contributed by atoms with E-state index in [0.717, 1.165) is 5.56 Å². The fraction of sp³-hybridized carbons (Fsp3) is 0.462.